The van der Waals surface area contributed by atoms with E-state index in [2.05, 4.69) is 15.9 Å². The molecule has 0 bridgehead atoms. The molecule has 0 saturated carbocycles. The Labute approximate surface area is 173 Å². The minimum atomic E-state index is -2.51. The van der Waals surface area contributed by atoms with Crippen molar-refractivity contribution in [1.82, 2.24) is 0 Å². The number of alkyl halides is 1. The maximum Gasteiger partial charge on any atom is 0.332 e. The van der Waals surface area contributed by atoms with Crippen molar-refractivity contribution < 1.29 is 27.4 Å². The van der Waals surface area contributed by atoms with Crippen LogP contribution in [0.2, 0.25) is 0 Å². The van der Waals surface area contributed by atoms with Crippen LogP contribution in [0.1, 0.15) is 45.2 Å². The van der Waals surface area contributed by atoms with Crippen molar-refractivity contribution in [3.63, 3.8) is 0 Å². The van der Waals surface area contributed by atoms with Gasteiger partial charge >= 0.3 is 8.60 Å². The molecule has 0 amide bonds. The second kappa shape index (κ2) is 15.9. The number of rotatable bonds is 12. The van der Waals surface area contributed by atoms with E-state index < -0.39 is 16.0 Å². The molecule has 0 aromatic heterocycles. The first-order valence-electron chi connectivity index (χ1n) is 9.12. The highest BCUT2D eigenvalue weighted by Crippen LogP contribution is 2.51. The van der Waals surface area contributed by atoms with Gasteiger partial charge in [-0.2, -0.15) is 0 Å². The summed E-state index contributed by atoms with van der Waals surface area (Å²) in [5.74, 6) is 0.762. The van der Waals surface area contributed by atoms with Gasteiger partial charge in [-0.1, -0.05) is 41.9 Å². The molecule has 0 spiro atoms. The second-order valence-corrected chi connectivity index (χ2v) is 10.3. The summed E-state index contributed by atoms with van der Waals surface area (Å²) >= 11 is 3.42. The maximum absolute atomic E-state index is 12.2. The summed E-state index contributed by atoms with van der Waals surface area (Å²) < 4.78 is 38.4. The van der Waals surface area contributed by atoms with Crippen LogP contribution in [0.25, 0.3) is 0 Å². The van der Waals surface area contributed by atoms with Crippen molar-refractivity contribution in [2.24, 2.45) is 0 Å². The normalized spacial score (nSPS) is 12.4. The summed E-state index contributed by atoms with van der Waals surface area (Å²) in [4.78, 5) is 0. The molecule has 1 aromatic carbocycles. The highest BCUT2D eigenvalue weighted by molar-refractivity contribution is 9.09. The molecule has 0 N–H and O–H groups in total. The van der Waals surface area contributed by atoms with Gasteiger partial charge in [0.05, 0.1) is 26.9 Å². The Balaban J connectivity index is 0.000000580. The SMILES string of the molecule is CCOP(OCC)OCC.CCP(=O)(CC)OC(Br)c1cccc(OC)c1. The van der Waals surface area contributed by atoms with E-state index in [0.717, 1.165) is 11.3 Å². The van der Waals surface area contributed by atoms with Crippen LogP contribution in [0.5, 0.6) is 5.75 Å². The first kappa shape index (κ1) is 27.0. The summed E-state index contributed by atoms with van der Waals surface area (Å²) in [5, 5.41) is -0.358. The zero-order valence-electron chi connectivity index (χ0n) is 17.1. The molecule has 6 nitrogen and oxygen atoms in total. The third kappa shape index (κ3) is 11.6. The van der Waals surface area contributed by atoms with Crippen molar-refractivity contribution in [2.75, 3.05) is 39.3 Å². The summed E-state index contributed by atoms with van der Waals surface area (Å²) in [5.41, 5.74) is 0.909. The molecule has 1 unspecified atom stereocenters. The fourth-order valence-electron chi connectivity index (χ4n) is 1.81. The maximum atomic E-state index is 12.2. The van der Waals surface area contributed by atoms with E-state index in [9.17, 15) is 4.57 Å². The van der Waals surface area contributed by atoms with E-state index in [1.807, 2.05) is 58.9 Å². The lowest BCUT2D eigenvalue weighted by atomic mass is 10.2. The molecule has 1 atom stereocenters. The fraction of sp³-hybridized carbons (Fsp3) is 0.667. The number of halogens is 1. The Morgan fingerprint density at radius 3 is 1.93 bits per heavy atom. The van der Waals surface area contributed by atoms with Gasteiger partial charge in [0.1, 0.15) is 10.8 Å². The number of methoxy groups -OCH3 is 1. The average Bonchev–Trinajstić information content (AvgIpc) is 2.69. The molecule has 1 rings (SSSR count). The lowest BCUT2D eigenvalue weighted by molar-refractivity contribution is 0.176. The van der Waals surface area contributed by atoms with Gasteiger partial charge in [-0.05, 0) is 38.5 Å². The number of benzene rings is 1. The van der Waals surface area contributed by atoms with Crippen LogP contribution in [-0.2, 0) is 22.7 Å². The van der Waals surface area contributed by atoms with Crippen LogP contribution in [0.4, 0.5) is 0 Å². The predicted octanol–water partition coefficient (Wildman–Crippen LogP) is 6.75. The van der Waals surface area contributed by atoms with Gasteiger partial charge in [0.15, 0.2) is 0 Å². The largest absolute Gasteiger partial charge is 0.497 e. The molecule has 0 saturated heterocycles. The third-order valence-corrected chi connectivity index (χ3v) is 8.24. The Hall–Kier alpha value is -0.0000000000000000555. The van der Waals surface area contributed by atoms with Gasteiger partial charge in [0.2, 0.25) is 7.37 Å². The molecule has 27 heavy (non-hydrogen) atoms. The molecule has 1 aromatic rings. The van der Waals surface area contributed by atoms with Crippen LogP contribution in [0.3, 0.4) is 0 Å². The molecular formula is C18H33BrO6P2. The van der Waals surface area contributed by atoms with E-state index in [1.165, 1.54) is 0 Å². The molecule has 0 aliphatic rings. The molecular weight excluding hydrogens is 454 g/mol. The molecule has 0 aliphatic heterocycles. The van der Waals surface area contributed by atoms with E-state index in [-0.39, 0.29) is 5.01 Å². The van der Waals surface area contributed by atoms with Crippen molar-refractivity contribution in [2.45, 2.75) is 39.6 Å². The fourth-order valence-corrected chi connectivity index (χ4v) is 5.07. The van der Waals surface area contributed by atoms with E-state index in [0.29, 0.717) is 32.1 Å². The zero-order chi connectivity index (χ0) is 20.7. The zero-order valence-corrected chi connectivity index (χ0v) is 20.5. The van der Waals surface area contributed by atoms with E-state index in [1.54, 1.807) is 7.11 Å². The Morgan fingerprint density at radius 1 is 1.00 bits per heavy atom. The topological polar surface area (TPSA) is 63.2 Å². The van der Waals surface area contributed by atoms with Crippen LogP contribution in [-0.4, -0.2) is 39.3 Å². The van der Waals surface area contributed by atoms with Gasteiger partial charge < -0.3 is 22.8 Å². The molecule has 0 aliphatic carbocycles. The van der Waals surface area contributed by atoms with E-state index >= 15 is 0 Å². The summed E-state index contributed by atoms with van der Waals surface area (Å²) in [6, 6.07) is 7.53. The van der Waals surface area contributed by atoms with Crippen LogP contribution >= 0.6 is 31.9 Å². The van der Waals surface area contributed by atoms with E-state index in [4.69, 9.17) is 22.8 Å². The van der Waals surface area contributed by atoms with Crippen LogP contribution in [0, 0.1) is 0 Å². The average molecular weight is 487 g/mol. The number of ether oxygens (including phenoxy) is 1. The lowest BCUT2D eigenvalue weighted by Crippen LogP contribution is -2.00. The van der Waals surface area contributed by atoms with Gasteiger partial charge in [0, 0.05) is 12.3 Å². The number of hydrogen-bond acceptors (Lipinski definition) is 6. The van der Waals surface area contributed by atoms with Crippen LogP contribution < -0.4 is 4.74 Å². The smallest absolute Gasteiger partial charge is 0.332 e. The first-order chi connectivity index (χ1) is 12.9. The molecule has 158 valence electrons. The van der Waals surface area contributed by atoms with Gasteiger partial charge in [0.25, 0.3) is 0 Å². The minimum absolute atomic E-state index is 0.358. The summed E-state index contributed by atoms with van der Waals surface area (Å²) in [6.45, 7) is 11.5. The quantitative estimate of drug-likeness (QED) is 0.240. The van der Waals surface area contributed by atoms with Gasteiger partial charge in [-0.15, -0.1) is 0 Å². The monoisotopic (exact) mass is 486 g/mol. The van der Waals surface area contributed by atoms with Crippen molar-refractivity contribution >= 4 is 31.9 Å². The first-order valence-corrected chi connectivity index (χ1v) is 13.1. The number of hydrogen-bond donors (Lipinski definition) is 0. The highest BCUT2D eigenvalue weighted by atomic mass is 79.9. The Bertz CT molecular complexity index is 524. The Morgan fingerprint density at radius 2 is 1.52 bits per heavy atom. The van der Waals surface area contributed by atoms with Gasteiger partial charge in [-0.25, -0.2) is 0 Å². The van der Waals surface area contributed by atoms with Crippen molar-refractivity contribution in [3.05, 3.63) is 29.8 Å². The lowest BCUT2D eigenvalue weighted by Gasteiger charge is -2.19. The third-order valence-electron chi connectivity index (χ3n) is 3.31. The van der Waals surface area contributed by atoms with Crippen LogP contribution in [0.15, 0.2) is 24.3 Å². The summed E-state index contributed by atoms with van der Waals surface area (Å²) in [6.07, 6.45) is 1.10. The predicted molar refractivity (Wildman–Crippen MR) is 116 cm³/mol. The van der Waals surface area contributed by atoms with Crippen molar-refractivity contribution in [1.29, 1.82) is 0 Å². The second-order valence-electron chi connectivity index (χ2n) is 5.12. The molecule has 0 radical (unpaired) electrons. The Kier molecular flexibility index (Phi) is 15.9. The molecule has 0 heterocycles. The molecule has 9 heteroatoms. The highest BCUT2D eigenvalue weighted by Gasteiger charge is 2.23. The van der Waals surface area contributed by atoms with Crippen molar-refractivity contribution in [3.8, 4) is 5.75 Å². The minimum Gasteiger partial charge on any atom is -0.497 e. The standard InChI is InChI=1S/C12H18BrO3P.C6H15O3P/c1-4-17(14,5-2)16-12(13)10-7-6-8-11(9-10)15-3;1-4-7-10(8-5-2)9-6-3/h6-9,12H,4-5H2,1-3H3;4-6H2,1-3H3. The van der Waals surface area contributed by atoms with Gasteiger partial charge in [-0.3, -0.25) is 4.57 Å². The molecule has 0 fully saturated rings. The summed E-state index contributed by atoms with van der Waals surface area (Å²) in [7, 11) is -1.96.